The Morgan fingerprint density at radius 2 is 1.43 bits per heavy atom. The molecule has 3 aromatic carbocycles. The minimum atomic E-state index is -1.29. The minimum Gasteiger partial charge on any atom is -0.481 e. The highest BCUT2D eigenvalue weighted by Crippen LogP contribution is 2.16. The largest absolute Gasteiger partial charge is 0.481 e. The maximum atomic E-state index is 14.0. The molecular formula is C47H56N8O8. The van der Waals surface area contributed by atoms with Gasteiger partial charge in [0.25, 0.3) is 0 Å². The standard InChI is InChI=1S/C47H56N8O8/c1-30(26-43(58)59)25-40(46(62)53-39(44(48)60)27-33-12-5-4-6-13-33)54-45(61)38(15-9-10-24-49-41(56)23-20-35-17-16-32(3)50-29-35)52-42(57)28-34-18-21-36(22-19-34)51-47(63)55-37-14-8-7-11-31(37)2/h4-8,11-14,16-23,29-30,38-40H,9-10,15,24-28H2,1-3H3,(H2,48,60)(H,49,56)(H,52,57)(H,53,62)(H,54,61)(H,58,59)(H2,51,55,63)/b23-20+/t30?,38-,39-,40-/m0/s1. The van der Waals surface area contributed by atoms with Gasteiger partial charge in [-0.25, -0.2) is 4.79 Å². The van der Waals surface area contributed by atoms with E-state index >= 15 is 0 Å². The summed E-state index contributed by atoms with van der Waals surface area (Å²) in [6, 6.07) is 22.5. The highest BCUT2D eigenvalue weighted by atomic mass is 16.4. The molecule has 4 aromatic rings. The van der Waals surface area contributed by atoms with Crippen molar-refractivity contribution in [3.05, 3.63) is 131 Å². The lowest BCUT2D eigenvalue weighted by atomic mass is 9.96. The first kappa shape index (κ1) is 48.3. The van der Waals surface area contributed by atoms with E-state index in [4.69, 9.17) is 5.73 Å². The molecular weight excluding hydrogens is 805 g/mol. The van der Waals surface area contributed by atoms with Crippen LogP contribution in [0, 0.1) is 19.8 Å². The van der Waals surface area contributed by atoms with E-state index in [0.29, 0.717) is 29.8 Å². The average Bonchev–Trinajstić information content (AvgIpc) is 3.24. The first-order valence-electron chi connectivity index (χ1n) is 20.7. The van der Waals surface area contributed by atoms with Gasteiger partial charge in [0, 0.05) is 48.7 Å². The van der Waals surface area contributed by atoms with Crippen molar-refractivity contribution in [1.82, 2.24) is 26.3 Å². The van der Waals surface area contributed by atoms with E-state index in [1.807, 2.05) is 44.2 Å². The summed E-state index contributed by atoms with van der Waals surface area (Å²) < 4.78 is 0. The molecule has 16 heteroatoms. The molecule has 0 spiro atoms. The molecule has 332 valence electrons. The average molecular weight is 861 g/mol. The number of para-hydroxylation sites is 1. The number of carbonyl (C=O) groups is 7. The summed E-state index contributed by atoms with van der Waals surface area (Å²) in [5.74, 6) is -4.75. The molecule has 0 aliphatic rings. The van der Waals surface area contributed by atoms with E-state index in [2.05, 4.69) is 36.9 Å². The van der Waals surface area contributed by atoms with Crippen LogP contribution in [0.1, 0.15) is 67.0 Å². The number of aliphatic carboxylic acids is 1. The maximum Gasteiger partial charge on any atom is 0.323 e. The van der Waals surface area contributed by atoms with E-state index in [-0.39, 0.29) is 44.6 Å². The van der Waals surface area contributed by atoms with E-state index in [0.717, 1.165) is 22.4 Å². The molecule has 0 saturated heterocycles. The molecule has 4 rings (SSSR count). The molecule has 0 aliphatic heterocycles. The van der Waals surface area contributed by atoms with Crippen LogP contribution in [0.15, 0.2) is 103 Å². The number of carboxylic acids is 1. The number of carbonyl (C=O) groups excluding carboxylic acids is 6. The Hall–Kier alpha value is -7.36. The Morgan fingerprint density at radius 3 is 2.10 bits per heavy atom. The van der Waals surface area contributed by atoms with Gasteiger partial charge in [0.15, 0.2) is 0 Å². The van der Waals surface area contributed by atoms with Crippen molar-refractivity contribution in [1.29, 1.82) is 0 Å². The van der Waals surface area contributed by atoms with Gasteiger partial charge >= 0.3 is 12.0 Å². The fourth-order valence-electron chi connectivity index (χ4n) is 6.53. The number of nitrogens with two attached hydrogens (primary N) is 1. The first-order valence-corrected chi connectivity index (χ1v) is 20.7. The second-order valence-corrected chi connectivity index (χ2v) is 15.4. The van der Waals surface area contributed by atoms with Gasteiger partial charge < -0.3 is 42.7 Å². The number of hydrogen-bond acceptors (Lipinski definition) is 8. The molecule has 1 unspecified atom stereocenters. The quantitative estimate of drug-likeness (QED) is 0.0384. The lowest BCUT2D eigenvalue weighted by Crippen LogP contribution is -2.57. The molecule has 1 heterocycles. The smallest absolute Gasteiger partial charge is 0.323 e. The third-order valence-corrected chi connectivity index (χ3v) is 9.94. The molecule has 0 fully saturated rings. The van der Waals surface area contributed by atoms with Crippen LogP contribution in [-0.2, 0) is 41.6 Å². The predicted octanol–water partition coefficient (Wildman–Crippen LogP) is 4.57. The van der Waals surface area contributed by atoms with Crippen LogP contribution in [0.2, 0.25) is 0 Å². The Morgan fingerprint density at radius 1 is 0.746 bits per heavy atom. The highest BCUT2D eigenvalue weighted by molar-refractivity contribution is 6.00. The summed E-state index contributed by atoms with van der Waals surface area (Å²) in [5.41, 5.74) is 10.6. The van der Waals surface area contributed by atoms with Crippen molar-refractivity contribution in [3.63, 3.8) is 0 Å². The van der Waals surface area contributed by atoms with Crippen LogP contribution in [-0.4, -0.2) is 76.3 Å². The zero-order valence-electron chi connectivity index (χ0n) is 35.7. The van der Waals surface area contributed by atoms with Gasteiger partial charge in [-0.2, -0.15) is 0 Å². The van der Waals surface area contributed by atoms with Crippen molar-refractivity contribution in [2.75, 3.05) is 17.2 Å². The van der Waals surface area contributed by atoms with Gasteiger partial charge in [0.2, 0.25) is 29.5 Å². The Kier molecular flexibility index (Phi) is 19.0. The molecule has 63 heavy (non-hydrogen) atoms. The van der Waals surface area contributed by atoms with Crippen molar-refractivity contribution < 1.29 is 38.7 Å². The van der Waals surface area contributed by atoms with Crippen molar-refractivity contribution >= 4 is 59.0 Å². The van der Waals surface area contributed by atoms with Crippen LogP contribution in [0.4, 0.5) is 16.2 Å². The van der Waals surface area contributed by atoms with E-state index in [1.54, 1.807) is 79.9 Å². The van der Waals surface area contributed by atoms with E-state index < -0.39 is 59.7 Å². The van der Waals surface area contributed by atoms with Crippen LogP contribution in [0.25, 0.3) is 6.08 Å². The summed E-state index contributed by atoms with van der Waals surface area (Å²) in [6.07, 6.45) is 5.19. The van der Waals surface area contributed by atoms with Crippen LogP contribution >= 0.6 is 0 Å². The number of pyridine rings is 1. The number of urea groups is 1. The summed E-state index contributed by atoms with van der Waals surface area (Å²) in [7, 11) is 0. The van der Waals surface area contributed by atoms with Gasteiger partial charge in [0.05, 0.1) is 6.42 Å². The molecule has 0 aliphatic carbocycles. The normalized spacial score (nSPS) is 12.8. The van der Waals surface area contributed by atoms with Crippen LogP contribution < -0.4 is 37.6 Å². The lowest BCUT2D eigenvalue weighted by molar-refractivity contribution is -0.138. The number of amides is 7. The Bertz CT molecular complexity index is 2210. The molecule has 0 radical (unpaired) electrons. The minimum absolute atomic E-state index is 0.0824. The monoisotopic (exact) mass is 860 g/mol. The predicted molar refractivity (Wildman–Crippen MR) is 240 cm³/mol. The summed E-state index contributed by atoms with van der Waals surface area (Å²) in [5, 5.41) is 25.9. The number of carboxylic acid groups (broad SMARTS) is 1. The first-order chi connectivity index (χ1) is 30.1. The van der Waals surface area contributed by atoms with Crippen molar-refractivity contribution in [2.45, 2.75) is 83.8 Å². The van der Waals surface area contributed by atoms with Gasteiger partial charge in [-0.3, -0.25) is 33.8 Å². The fraction of sp³-hybridized carbons (Fsp3) is 0.319. The fourth-order valence-corrected chi connectivity index (χ4v) is 6.53. The second-order valence-electron chi connectivity index (χ2n) is 15.4. The number of primary amides is 1. The van der Waals surface area contributed by atoms with E-state index in [9.17, 15) is 38.7 Å². The molecule has 4 atom stereocenters. The van der Waals surface area contributed by atoms with Crippen LogP contribution in [0.5, 0.6) is 0 Å². The molecule has 7 amide bonds. The highest BCUT2D eigenvalue weighted by Gasteiger charge is 2.31. The number of nitrogens with zero attached hydrogens (tertiary/aromatic N) is 1. The van der Waals surface area contributed by atoms with Crippen molar-refractivity contribution in [3.8, 4) is 0 Å². The maximum absolute atomic E-state index is 14.0. The number of aryl methyl sites for hydroxylation is 2. The summed E-state index contributed by atoms with van der Waals surface area (Å²) >= 11 is 0. The third-order valence-electron chi connectivity index (χ3n) is 9.94. The second kappa shape index (κ2) is 24.8. The number of rotatable bonds is 23. The molecule has 0 bridgehead atoms. The lowest BCUT2D eigenvalue weighted by Gasteiger charge is -2.26. The number of hydrogen-bond donors (Lipinski definition) is 8. The van der Waals surface area contributed by atoms with Gasteiger partial charge in [-0.15, -0.1) is 0 Å². The van der Waals surface area contributed by atoms with Gasteiger partial charge in [-0.05, 0) is 98.0 Å². The molecule has 0 saturated carbocycles. The SMILES string of the molecule is Cc1ccc(/C=C/C(=O)NCCCC[C@H](NC(=O)Cc2ccc(NC(=O)Nc3ccccc3C)cc2)C(=O)N[C@@H](CC(C)CC(=O)O)C(=O)N[C@@H](Cc2ccccc2)C(N)=O)cn1. The zero-order valence-corrected chi connectivity index (χ0v) is 35.7. The van der Waals surface area contributed by atoms with Crippen molar-refractivity contribution in [2.24, 2.45) is 11.7 Å². The molecule has 16 nitrogen and oxygen atoms in total. The number of anilines is 2. The number of benzene rings is 3. The van der Waals surface area contributed by atoms with Gasteiger partial charge in [-0.1, -0.05) is 73.7 Å². The number of aromatic nitrogens is 1. The summed E-state index contributed by atoms with van der Waals surface area (Å²) in [4.78, 5) is 94.5. The Balaban J connectivity index is 1.44. The number of unbranched alkanes of at least 4 members (excludes halogenated alkanes) is 1. The van der Waals surface area contributed by atoms with Crippen LogP contribution in [0.3, 0.4) is 0 Å². The molecule has 9 N–H and O–H groups in total. The topological polar surface area (TPSA) is 251 Å². The van der Waals surface area contributed by atoms with Gasteiger partial charge in [0.1, 0.15) is 18.1 Å². The zero-order chi connectivity index (χ0) is 45.7. The third kappa shape index (κ3) is 17.6. The van der Waals surface area contributed by atoms with E-state index in [1.165, 1.54) is 6.08 Å². The molecule has 1 aromatic heterocycles. The summed E-state index contributed by atoms with van der Waals surface area (Å²) in [6.45, 7) is 5.63. The Labute approximate surface area is 366 Å². The number of nitrogens with one attached hydrogen (secondary N) is 6.